The van der Waals surface area contributed by atoms with Crippen LogP contribution in [0.5, 0.6) is 0 Å². The van der Waals surface area contributed by atoms with Gasteiger partial charge < -0.3 is 9.22 Å². The summed E-state index contributed by atoms with van der Waals surface area (Å²) in [6, 6.07) is 42.2. The van der Waals surface area contributed by atoms with Crippen LogP contribution in [0.15, 0.2) is 134 Å². The molecular formula is C41H39N2O+. The van der Waals surface area contributed by atoms with Gasteiger partial charge in [0.25, 0.3) is 0 Å². The van der Waals surface area contributed by atoms with Gasteiger partial charge in [-0.1, -0.05) is 97.1 Å². The topological polar surface area (TPSA) is 22.1 Å². The van der Waals surface area contributed by atoms with Crippen molar-refractivity contribution in [2.75, 3.05) is 13.1 Å². The summed E-state index contributed by atoms with van der Waals surface area (Å²) in [5.74, 6) is 1.18. The van der Waals surface area contributed by atoms with Crippen LogP contribution in [0.25, 0.3) is 32.4 Å². The quantitative estimate of drug-likeness (QED) is 0.133. The standard InChI is InChI=1S/C41H39N2O/c1-2-31-27-43(26-29-15-17-32-9-3-5-11-34(32)23-29)22-20-36(31)25-40(43)41(38-19-21-42-39-14-8-7-13-37(38)39)44-28-30-16-18-33-10-4-6-12-35(33)24-30/h2-19,21,23-24,31,36,40-41H,1,20,22,25-28H2/q+1/t31-,36-,40-,41+,43?/m0/s1. The highest BCUT2D eigenvalue weighted by atomic mass is 16.5. The molecule has 3 aliphatic heterocycles. The second kappa shape index (κ2) is 11.3. The van der Waals surface area contributed by atoms with E-state index in [-0.39, 0.29) is 6.10 Å². The third kappa shape index (κ3) is 4.91. The summed E-state index contributed by atoms with van der Waals surface area (Å²) in [5, 5.41) is 6.34. The van der Waals surface area contributed by atoms with Crippen molar-refractivity contribution in [1.29, 1.82) is 0 Å². The number of rotatable bonds is 8. The Labute approximate surface area is 260 Å². The highest BCUT2D eigenvalue weighted by molar-refractivity contribution is 5.84. The highest BCUT2D eigenvalue weighted by Crippen LogP contribution is 2.49. The number of benzene rings is 5. The molecule has 3 fully saturated rings. The second-order valence-electron chi connectivity index (χ2n) is 13.0. The van der Waals surface area contributed by atoms with Gasteiger partial charge in [-0.05, 0) is 62.9 Å². The molecule has 3 saturated heterocycles. The molecule has 0 N–H and O–H groups in total. The molecule has 1 unspecified atom stereocenters. The fourth-order valence-corrected chi connectivity index (χ4v) is 8.35. The molecule has 3 aliphatic rings. The van der Waals surface area contributed by atoms with E-state index in [4.69, 9.17) is 9.72 Å². The first-order valence-corrected chi connectivity index (χ1v) is 16.1. The zero-order valence-electron chi connectivity index (χ0n) is 25.2. The number of hydrogen-bond acceptors (Lipinski definition) is 2. The molecule has 0 saturated carbocycles. The van der Waals surface area contributed by atoms with Crippen LogP contribution in [0.2, 0.25) is 0 Å². The van der Waals surface area contributed by atoms with Crippen LogP contribution in [0.4, 0.5) is 0 Å². The molecule has 44 heavy (non-hydrogen) atoms. The van der Waals surface area contributed by atoms with Crippen molar-refractivity contribution in [2.45, 2.75) is 38.1 Å². The molecule has 0 radical (unpaired) electrons. The van der Waals surface area contributed by atoms with E-state index < -0.39 is 0 Å². The Balaban J connectivity index is 1.21. The van der Waals surface area contributed by atoms with Crippen LogP contribution >= 0.6 is 0 Å². The molecule has 3 nitrogen and oxygen atoms in total. The van der Waals surface area contributed by atoms with Crippen molar-refractivity contribution in [1.82, 2.24) is 4.98 Å². The highest BCUT2D eigenvalue weighted by Gasteiger charge is 2.54. The predicted octanol–water partition coefficient (Wildman–Crippen LogP) is 9.41. The number of ether oxygens (including phenoxy) is 1. The number of pyridine rings is 1. The lowest BCUT2D eigenvalue weighted by atomic mass is 9.71. The Hall–Kier alpha value is -4.31. The van der Waals surface area contributed by atoms with Crippen molar-refractivity contribution < 1.29 is 9.22 Å². The summed E-state index contributed by atoms with van der Waals surface area (Å²) in [4.78, 5) is 4.74. The smallest absolute Gasteiger partial charge is 0.135 e. The van der Waals surface area contributed by atoms with E-state index in [0.717, 1.165) is 29.5 Å². The second-order valence-corrected chi connectivity index (χ2v) is 13.0. The molecule has 4 heterocycles. The molecule has 0 aliphatic carbocycles. The maximum Gasteiger partial charge on any atom is 0.135 e. The lowest BCUT2D eigenvalue weighted by Gasteiger charge is -2.58. The minimum Gasteiger partial charge on any atom is -0.363 e. The summed E-state index contributed by atoms with van der Waals surface area (Å²) in [7, 11) is 0. The summed E-state index contributed by atoms with van der Waals surface area (Å²) in [6.45, 7) is 8.17. The van der Waals surface area contributed by atoms with Crippen LogP contribution in [0.3, 0.4) is 0 Å². The van der Waals surface area contributed by atoms with Gasteiger partial charge in [-0.3, -0.25) is 4.98 Å². The number of nitrogens with zero attached hydrogens (tertiary/aromatic N) is 2. The van der Waals surface area contributed by atoms with E-state index in [0.29, 0.717) is 24.5 Å². The number of hydrogen-bond donors (Lipinski definition) is 0. The van der Waals surface area contributed by atoms with Crippen molar-refractivity contribution >= 4 is 32.4 Å². The number of piperidine rings is 3. The number of fused-ring (bicyclic) bond motifs is 6. The third-order valence-electron chi connectivity index (χ3n) is 10.6. The average Bonchev–Trinajstić information content (AvgIpc) is 3.08. The average molecular weight is 576 g/mol. The molecule has 9 rings (SSSR count). The third-order valence-corrected chi connectivity index (χ3v) is 10.6. The zero-order valence-corrected chi connectivity index (χ0v) is 25.2. The number of para-hydroxylation sites is 1. The van der Waals surface area contributed by atoms with Crippen LogP contribution in [0.1, 0.15) is 35.6 Å². The molecule has 2 bridgehead atoms. The van der Waals surface area contributed by atoms with Gasteiger partial charge in [0.1, 0.15) is 18.7 Å². The minimum atomic E-state index is -0.0524. The van der Waals surface area contributed by atoms with Gasteiger partial charge in [-0.2, -0.15) is 0 Å². The van der Waals surface area contributed by atoms with E-state index in [1.54, 1.807) is 0 Å². The predicted molar refractivity (Wildman–Crippen MR) is 181 cm³/mol. The Bertz CT molecular complexity index is 1980. The molecule has 5 aromatic carbocycles. The van der Waals surface area contributed by atoms with Gasteiger partial charge >= 0.3 is 0 Å². The lowest BCUT2D eigenvalue weighted by molar-refractivity contribution is -0.985. The summed E-state index contributed by atoms with van der Waals surface area (Å²) >= 11 is 0. The molecule has 218 valence electrons. The summed E-state index contributed by atoms with van der Waals surface area (Å²) in [6.07, 6.45) is 6.54. The monoisotopic (exact) mass is 575 g/mol. The normalized spacial score (nSPS) is 23.7. The first kappa shape index (κ1) is 27.3. The molecule has 0 amide bonds. The molecule has 6 aromatic rings. The molecule has 0 spiro atoms. The fraction of sp³-hybridized carbons (Fsp3) is 0.244. The lowest BCUT2D eigenvalue weighted by Crippen LogP contribution is -2.67. The van der Waals surface area contributed by atoms with Gasteiger partial charge in [-0.25, -0.2) is 0 Å². The Morgan fingerprint density at radius 2 is 1.48 bits per heavy atom. The van der Waals surface area contributed by atoms with Crippen LogP contribution in [0, 0.1) is 11.8 Å². The minimum absolute atomic E-state index is 0.0524. The van der Waals surface area contributed by atoms with Crippen molar-refractivity contribution in [2.24, 2.45) is 11.8 Å². The van der Waals surface area contributed by atoms with Crippen LogP contribution < -0.4 is 0 Å². The fourth-order valence-electron chi connectivity index (χ4n) is 8.35. The first-order chi connectivity index (χ1) is 21.7. The Kier molecular flexibility index (Phi) is 7.01. The Morgan fingerprint density at radius 3 is 2.25 bits per heavy atom. The van der Waals surface area contributed by atoms with E-state index in [2.05, 4.69) is 128 Å². The van der Waals surface area contributed by atoms with Gasteiger partial charge in [0, 0.05) is 35.9 Å². The van der Waals surface area contributed by atoms with E-state index >= 15 is 0 Å². The van der Waals surface area contributed by atoms with Gasteiger partial charge in [0.2, 0.25) is 0 Å². The SMILES string of the molecule is C=C[C@H]1C[N+]2(Cc3ccc4ccccc4c3)CC[C@H]1C[C@H]2[C@H](OCc1ccc2ccccc2c1)c1ccnc2ccccc12. The molecule has 1 aromatic heterocycles. The van der Waals surface area contributed by atoms with Crippen LogP contribution in [-0.4, -0.2) is 28.6 Å². The first-order valence-electron chi connectivity index (χ1n) is 16.1. The number of quaternary nitrogens is 1. The van der Waals surface area contributed by atoms with E-state index in [1.165, 1.54) is 56.6 Å². The number of aromatic nitrogens is 1. The van der Waals surface area contributed by atoms with E-state index in [1.807, 2.05) is 6.20 Å². The van der Waals surface area contributed by atoms with Gasteiger partial charge in [0.05, 0.1) is 25.2 Å². The summed E-state index contributed by atoms with van der Waals surface area (Å²) in [5.41, 5.74) is 4.92. The van der Waals surface area contributed by atoms with Crippen molar-refractivity contribution in [3.05, 3.63) is 151 Å². The van der Waals surface area contributed by atoms with Crippen LogP contribution in [-0.2, 0) is 17.9 Å². The van der Waals surface area contributed by atoms with E-state index in [9.17, 15) is 0 Å². The Morgan fingerprint density at radius 1 is 0.795 bits per heavy atom. The van der Waals surface area contributed by atoms with Gasteiger partial charge in [-0.15, -0.1) is 6.58 Å². The maximum atomic E-state index is 7.20. The molecular weight excluding hydrogens is 536 g/mol. The molecule has 5 atom stereocenters. The molecule has 3 heteroatoms. The van der Waals surface area contributed by atoms with Gasteiger partial charge in [0.15, 0.2) is 0 Å². The van der Waals surface area contributed by atoms with Crippen molar-refractivity contribution in [3.8, 4) is 0 Å². The van der Waals surface area contributed by atoms with Crippen molar-refractivity contribution in [3.63, 3.8) is 0 Å². The summed E-state index contributed by atoms with van der Waals surface area (Å²) < 4.78 is 8.23. The zero-order chi connectivity index (χ0) is 29.5. The largest absolute Gasteiger partial charge is 0.363 e. The maximum absolute atomic E-state index is 7.20.